The summed E-state index contributed by atoms with van der Waals surface area (Å²) >= 11 is 0. The Kier molecular flexibility index (Phi) is 7.04. The third-order valence-corrected chi connectivity index (χ3v) is 4.47. The van der Waals surface area contributed by atoms with Gasteiger partial charge in [-0.2, -0.15) is 0 Å². The Balaban J connectivity index is 1.70. The Bertz CT molecular complexity index is 642. The van der Waals surface area contributed by atoms with Crippen molar-refractivity contribution >= 4 is 17.6 Å². The van der Waals surface area contributed by atoms with Crippen LogP contribution in [0, 0.1) is 20.8 Å². The predicted octanol–water partition coefficient (Wildman–Crippen LogP) is 3.74. The number of amides is 3. The number of aryl methyl sites for hydroxylation is 3. The Labute approximate surface area is 150 Å². The molecule has 0 spiro atoms. The number of anilines is 1. The summed E-state index contributed by atoms with van der Waals surface area (Å²) in [6, 6.07) is 3.76. The van der Waals surface area contributed by atoms with E-state index in [1.165, 1.54) is 24.0 Å². The molecule has 0 atom stereocenters. The Morgan fingerprint density at radius 2 is 1.76 bits per heavy atom. The fourth-order valence-corrected chi connectivity index (χ4v) is 3.25. The second-order valence-electron chi connectivity index (χ2n) is 6.79. The van der Waals surface area contributed by atoms with Crippen molar-refractivity contribution in [1.82, 2.24) is 10.6 Å². The predicted molar refractivity (Wildman–Crippen MR) is 102 cm³/mol. The van der Waals surface area contributed by atoms with Crippen molar-refractivity contribution in [1.29, 1.82) is 0 Å². The van der Waals surface area contributed by atoms with Crippen LogP contribution >= 0.6 is 0 Å². The van der Waals surface area contributed by atoms with E-state index in [0.29, 0.717) is 6.54 Å². The highest BCUT2D eigenvalue weighted by atomic mass is 16.2. The number of hydrogen-bond acceptors (Lipinski definition) is 2. The molecule has 1 aliphatic carbocycles. The van der Waals surface area contributed by atoms with Gasteiger partial charge in [-0.3, -0.25) is 4.79 Å². The van der Waals surface area contributed by atoms with E-state index in [9.17, 15) is 9.59 Å². The van der Waals surface area contributed by atoms with Crippen LogP contribution < -0.4 is 16.0 Å². The van der Waals surface area contributed by atoms with Gasteiger partial charge in [-0.1, -0.05) is 29.3 Å². The molecule has 0 aliphatic heterocycles. The summed E-state index contributed by atoms with van der Waals surface area (Å²) < 4.78 is 0. The number of rotatable bonds is 6. The van der Waals surface area contributed by atoms with Gasteiger partial charge in [0.1, 0.15) is 0 Å². The molecular formula is C20H29N3O2. The summed E-state index contributed by atoms with van der Waals surface area (Å²) in [5, 5.41) is 8.30. The van der Waals surface area contributed by atoms with Crippen LogP contribution in [-0.2, 0) is 4.79 Å². The molecular weight excluding hydrogens is 314 g/mol. The third-order valence-electron chi connectivity index (χ3n) is 4.47. The number of urea groups is 1. The summed E-state index contributed by atoms with van der Waals surface area (Å²) in [6.45, 7) is 6.53. The maximum atomic E-state index is 12.1. The first-order valence-electron chi connectivity index (χ1n) is 9.03. The van der Waals surface area contributed by atoms with Gasteiger partial charge in [0.15, 0.2) is 0 Å². The lowest BCUT2D eigenvalue weighted by atomic mass is 9.97. The van der Waals surface area contributed by atoms with Gasteiger partial charge in [-0.25, -0.2) is 4.79 Å². The van der Waals surface area contributed by atoms with E-state index in [0.717, 1.165) is 36.1 Å². The molecule has 0 saturated carbocycles. The van der Waals surface area contributed by atoms with Crippen LogP contribution in [0.3, 0.4) is 0 Å². The minimum absolute atomic E-state index is 0.0404. The highest BCUT2D eigenvalue weighted by Gasteiger charge is 2.10. The summed E-state index contributed by atoms with van der Waals surface area (Å²) in [6.07, 6.45) is 7.98. The van der Waals surface area contributed by atoms with Gasteiger partial charge in [0, 0.05) is 12.2 Å². The smallest absolute Gasteiger partial charge is 0.315 e. The van der Waals surface area contributed by atoms with E-state index in [4.69, 9.17) is 0 Å². The molecule has 0 aromatic heterocycles. The largest absolute Gasteiger partial charge is 0.338 e. The van der Waals surface area contributed by atoms with Gasteiger partial charge in [0.2, 0.25) is 5.91 Å². The molecule has 3 amide bonds. The van der Waals surface area contributed by atoms with Crippen LogP contribution in [0.2, 0.25) is 0 Å². The fourth-order valence-electron chi connectivity index (χ4n) is 3.25. The second-order valence-corrected chi connectivity index (χ2v) is 6.79. The van der Waals surface area contributed by atoms with Crippen molar-refractivity contribution < 1.29 is 9.59 Å². The van der Waals surface area contributed by atoms with Gasteiger partial charge in [0.25, 0.3) is 0 Å². The topological polar surface area (TPSA) is 70.2 Å². The molecule has 1 aromatic rings. The Morgan fingerprint density at radius 3 is 2.40 bits per heavy atom. The van der Waals surface area contributed by atoms with E-state index < -0.39 is 0 Å². The zero-order chi connectivity index (χ0) is 18.2. The minimum atomic E-state index is -0.302. The van der Waals surface area contributed by atoms with Crippen LogP contribution in [0.4, 0.5) is 10.5 Å². The van der Waals surface area contributed by atoms with Gasteiger partial charge < -0.3 is 16.0 Å². The van der Waals surface area contributed by atoms with Crippen LogP contribution in [0.1, 0.15) is 48.8 Å². The molecule has 0 radical (unpaired) electrons. The number of allylic oxidation sites excluding steroid dienone is 1. The van der Waals surface area contributed by atoms with E-state index in [2.05, 4.69) is 22.0 Å². The molecule has 0 saturated heterocycles. The van der Waals surface area contributed by atoms with Crippen molar-refractivity contribution in [3.63, 3.8) is 0 Å². The van der Waals surface area contributed by atoms with Crippen molar-refractivity contribution in [2.75, 3.05) is 18.4 Å². The highest BCUT2D eigenvalue weighted by Crippen LogP contribution is 2.21. The highest BCUT2D eigenvalue weighted by molar-refractivity contribution is 5.95. The molecule has 0 heterocycles. The SMILES string of the molecule is Cc1cc(C)c(NC(=O)CNC(=O)NCCC2=CCCCC2)c(C)c1. The maximum absolute atomic E-state index is 12.1. The zero-order valence-electron chi connectivity index (χ0n) is 15.5. The standard InChI is InChI=1S/C20H29N3O2/c1-14-11-15(2)19(16(3)12-14)23-18(24)13-22-20(25)21-10-9-17-7-5-4-6-8-17/h7,11-12H,4-6,8-10,13H2,1-3H3,(H,23,24)(H2,21,22,25). The lowest BCUT2D eigenvalue weighted by Crippen LogP contribution is -2.40. The molecule has 25 heavy (non-hydrogen) atoms. The van der Waals surface area contributed by atoms with Crippen molar-refractivity contribution in [3.8, 4) is 0 Å². The number of hydrogen-bond donors (Lipinski definition) is 3. The molecule has 3 N–H and O–H groups in total. The van der Waals surface area contributed by atoms with E-state index in [1.807, 2.05) is 32.9 Å². The Hall–Kier alpha value is -2.30. The summed E-state index contributed by atoms with van der Waals surface area (Å²) in [4.78, 5) is 23.9. The first-order valence-corrected chi connectivity index (χ1v) is 9.03. The average molecular weight is 343 g/mol. The van der Waals surface area contributed by atoms with Crippen LogP contribution in [-0.4, -0.2) is 25.0 Å². The molecule has 1 aromatic carbocycles. The number of nitrogens with one attached hydrogen (secondary N) is 3. The van der Waals surface area contributed by atoms with E-state index in [1.54, 1.807) is 0 Å². The average Bonchev–Trinajstić information content (AvgIpc) is 2.57. The zero-order valence-corrected chi connectivity index (χ0v) is 15.5. The second kappa shape index (κ2) is 9.25. The van der Waals surface area contributed by atoms with Gasteiger partial charge in [-0.15, -0.1) is 0 Å². The van der Waals surface area contributed by atoms with Gasteiger partial charge >= 0.3 is 6.03 Å². The summed E-state index contributed by atoms with van der Waals surface area (Å²) in [7, 11) is 0. The normalized spacial score (nSPS) is 13.8. The first-order chi connectivity index (χ1) is 12.0. The molecule has 0 unspecified atom stereocenters. The first kappa shape index (κ1) is 19.0. The van der Waals surface area contributed by atoms with Crippen LogP contribution in [0.15, 0.2) is 23.8 Å². The molecule has 0 bridgehead atoms. The monoisotopic (exact) mass is 343 g/mol. The Morgan fingerprint density at radius 1 is 1.04 bits per heavy atom. The fraction of sp³-hybridized carbons (Fsp3) is 0.500. The third kappa shape index (κ3) is 6.25. The molecule has 5 nitrogen and oxygen atoms in total. The number of carbonyl (C=O) groups is 2. The number of benzene rings is 1. The van der Waals surface area contributed by atoms with E-state index >= 15 is 0 Å². The van der Waals surface area contributed by atoms with E-state index in [-0.39, 0.29) is 18.5 Å². The molecule has 2 rings (SSSR count). The lowest BCUT2D eigenvalue weighted by Gasteiger charge is -2.14. The maximum Gasteiger partial charge on any atom is 0.315 e. The van der Waals surface area contributed by atoms with Crippen molar-refractivity contribution in [2.24, 2.45) is 0 Å². The van der Waals surface area contributed by atoms with Crippen LogP contribution in [0.25, 0.3) is 0 Å². The molecule has 136 valence electrons. The summed E-state index contributed by atoms with van der Waals surface area (Å²) in [5.74, 6) is -0.222. The summed E-state index contributed by atoms with van der Waals surface area (Å²) in [5.41, 5.74) is 5.46. The molecule has 1 aliphatic rings. The van der Waals surface area contributed by atoms with Gasteiger partial charge in [0.05, 0.1) is 6.54 Å². The van der Waals surface area contributed by atoms with Crippen molar-refractivity contribution in [3.05, 3.63) is 40.5 Å². The van der Waals surface area contributed by atoms with Gasteiger partial charge in [-0.05, 0) is 64.0 Å². The number of carbonyl (C=O) groups excluding carboxylic acids is 2. The molecule has 5 heteroatoms. The van der Waals surface area contributed by atoms with Crippen LogP contribution in [0.5, 0.6) is 0 Å². The minimum Gasteiger partial charge on any atom is -0.338 e. The van der Waals surface area contributed by atoms with Crippen molar-refractivity contribution in [2.45, 2.75) is 52.9 Å². The lowest BCUT2D eigenvalue weighted by molar-refractivity contribution is -0.115. The quantitative estimate of drug-likeness (QED) is 0.689. The molecule has 0 fully saturated rings.